The lowest BCUT2D eigenvalue weighted by Gasteiger charge is -2.09. The predicted molar refractivity (Wildman–Crippen MR) is 113 cm³/mol. The molecule has 0 aliphatic carbocycles. The number of rotatable bonds is 6. The van der Waals surface area contributed by atoms with Crippen molar-refractivity contribution < 1.29 is 17.9 Å². The fourth-order valence-electron chi connectivity index (χ4n) is 3.01. The van der Waals surface area contributed by atoms with Crippen LogP contribution in [0.3, 0.4) is 0 Å². The Morgan fingerprint density at radius 1 is 1.10 bits per heavy atom. The number of ether oxygens (including phenoxy) is 1. The van der Waals surface area contributed by atoms with Gasteiger partial charge in [0.25, 0.3) is 0 Å². The van der Waals surface area contributed by atoms with Crippen molar-refractivity contribution in [1.82, 2.24) is 9.78 Å². The Morgan fingerprint density at radius 2 is 1.76 bits per heavy atom. The van der Waals surface area contributed by atoms with Crippen LogP contribution in [0.4, 0.5) is 0 Å². The zero-order chi connectivity index (χ0) is 21.2. The molecule has 0 saturated carbocycles. The summed E-state index contributed by atoms with van der Waals surface area (Å²) in [6.45, 7) is 3.79. The fraction of sp³-hybridized carbons (Fsp3) is 0.238. The van der Waals surface area contributed by atoms with Crippen LogP contribution in [-0.2, 0) is 25.9 Å². The molecule has 0 N–H and O–H groups in total. The molecule has 6 nitrogen and oxygen atoms in total. The summed E-state index contributed by atoms with van der Waals surface area (Å²) in [5.74, 6) is -0.387. The van der Waals surface area contributed by atoms with Crippen molar-refractivity contribution in [2.45, 2.75) is 25.3 Å². The van der Waals surface area contributed by atoms with Crippen molar-refractivity contribution in [3.63, 3.8) is 0 Å². The van der Waals surface area contributed by atoms with Gasteiger partial charge in [0, 0.05) is 11.8 Å². The van der Waals surface area contributed by atoms with Gasteiger partial charge in [-0.1, -0.05) is 48.0 Å². The lowest BCUT2D eigenvalue weighted by atomic mass is 10.0. The summed E-state index contributed by atoms with van der Waals surface area (Å²) in [6.07, 6.45) is 1.18. The van der Waals surface area contributed by atoms with Gasteiger partial charge in [0.2, 0.25) is 0 Å². The van der Waals surface area contributed by atoms with E-state index in [1.54, 1.807) is 32.0 Å². The first-order valence-corrected chi connectivity index (χ1v) is 11.3. The standard InChI is InChI=1S/C21H21ClN2O4S/c1-4-28-19(25)13-24-21(20(22)14(2)23-24)16-10-8-15(9-11-16)17-6-5-7-18(12-17)29(3,26)27/h5-12H,4,13H2,1-3H3. The number of benzene rings is 2. The first-order chi connectivity index (χ1) is 13.7. The Bertz CT molecular complexity index is 1150. The molecule has 8 heteroatoms. The molecule has 3 aromatic rings. The van der Waals surface area contributed by atoms with Crippen LogP contribution in [0.5, 0.6) is 0 Å². The number of esters is 1. The van der Waals surface area contributed by atoms with Gasteiger partial charge in [-0.05, 0) is 37.1 Å². The number of nitrogens with zero attached hydrogens (tertiary/aromatic N) is 2. The van der Waals surface area contributed by atoms with E-state index in [0.717, 1.165) is 16.7 Å². The normalized spacial score (nSPS) is 11.4. The van der Waals surface area contributed by atoms with Crippen LogP contribution < -0.4 is 0 Å². The molecular formula is C21H21ClN2O4S. The molecule has 2 aromatic carbocycles. The second-order valence-electron chi connectivity index (χ2n) is 6.59. The van der Waals surface area contributed by atoms with Crippen LogP contribution in [0.25, 0.3) is 22.4 Å². The third-order valence-electron chi connectivity index (χ3n) is 4.39. The monoisotopic (exact) mass is 432 g/mol. The number of hydrogen-bond donors (Lipinski definition) is 0. The van der Waals surface area contributed by atoms with E-state index in [-0.39, 0.29) is 17.4 Å². The van der Waals surface area contributed by atoms with Crippen molar-refractivity contribution in [3.8, 4) is 22.4 Å². The molecule has 0 amide bonds. The maximum Gasteiger partial charge on any atom is 0.327 e. The van der Waals surface area contributed by atoms with E-state index in [1.165, 1.54) is 10.9 Å². The van der Waals surface area contributed by atoms with Crippen molar-refractivity contribution in [2.24, 2.45) is 0 Å². The molecule has 0 bridgehead atoms. The molecule has 0 saturated heterocycles. The van der Waals surface area contributed by atoms with Crippen molar-refractivity contribution in [1.29, 1.82) is 0 Å². The third kappa shape index (κ3) is 4.68. The van der Waals surface area contributed by atoms with Crippen LogP contribution in [0.2, 0.25) is 5.02 Å². The van der Waals surface area contributed by atoms with Crippen molar-refractivity contribution in [3.05, 3.63) is 59.2 Å². The molecule has 29 heavy (non-hydrogen) atoms. The van der Waals surface area contributed by atoms with E-state index in [4.69, 9.17) is 16.3 Å². The van der Waals surface area contributed by atoms with E-state index in [0.29, 0.717) is 23.0 Å². The van der Waals surface area contributed by atoms with E-state index in [9.17, 15) is 13.2 Å². The highest BCUT2D eigenvalue weighted by Gasteiger charge is 2.18. The van der Waals surface area contributed by atoms with Gasteiger partial charge in [-0.3, -0.25) is 9.48 Å². The van der Waals surface area contributed by atoms with Crippen LogP contribution in [0.15, 0.2) is 53.4 Å². The zero-order valence-electron chi connectivity index (χ0n) is 16.3. The highest BCUT2D eigenvalue weighted by atomic mass is 35.5. The average Bonchev–Trinajstić information content (AvgIpc) is 2.95. The van der Waals surface area contributed by atoms with Crippen molar-refractivity contribution >= 4 is 27.4 Å². The summed E-state index contributed by atoms with van der Waals surface area (Å²) < 4.78 is 30.2. The van der Waals surface area contributed by atoms with Gasteiger partial charge in [0.15, 0.2) is 9.84 Å². The molecule has 0 aliphatic rings. The lowest BCUT2D eigenvalue weighted by Crippen LogP contribution is -2.15. The average molecular weight is 433 g/mol. The highest BCUT2D eigenvalue weighted by molar-refractivity contribution is 7.90. The summed E-state index contributed by atoms with van der Waals surface area (Å²) in [6, 6.07) is 14.3. The summed E-state index contributed by atoms with van der Waals surface area (Å²) >= 11 is 6.43. The maximum absolute atomic E-state index is 11.9. The minimum atomic E-state index is -3.28. The zero-order valence-corrected chi connectivity index (χ0v) is 17.9. The Morgan fingerprint density at radius 3 is 2.38 bits per heavy atom. The molecule has 0 aliphatic heterocycles. The van der Waals surface area contributed by atoms with Crippen LogP contribution in [0.1, 0.15) is 12.6 Å². The number of carbonyl (C=O) groups excluding carboxylic acids is 1. The van der Waals surface area contributed by atoms with Crippen molar-refractivity contribution in [2.75, 3.05) is 12.9 Å². The predicted octanol–water partition coefficient (Wildman–Crippen LogP) is 4.15. The quantitative estimate of drug-likeness (QED) is 0.547. The minimum Gasteiger partial charge on any atom is -0.465 e. The van der Waals surface area contributed by atoms with Crippen LogP contribution in [-0.4, -0.2) is 37.0 Å². The Labute approximate surface area is 175 Å². The fourth-order valence-corrected chi connectivity index (χ4v) is 3.92. The number of halogens is 1. The van der Waals surface area contributed by atoms with Gasteiger partial charge in [-0.25, -0.2) is 8.42 Å². The van der Waals surface area contributed by atoms with Crippen LogP contribution in [0, 0.1) is 6.92 Å². The number of sulfone groups is 1. The van der Waals surface area contributed by atoms with Gasteiger partial charge in [-0.15, -0.1) is 0 Å². The van der Waals surface area contributed by atoms with Gasteiger partial charge in [0.1, 0.15) is 6.54 Å². The van der Waals surface area contributed by atoms with E-state index in [1.807, 2.05) is 30.3 Å². The highest BCUT2D eigenvalue weighted by Crippen LogP contribution is 2.32. The second kappa shape index (κ2) is 8.39. The van der Waals surface area contributed by atoms with E-state index >= 15 is 0 Å². The Hall–Kier alpha value is -2.64. The molecule has 0 atom stereocenters. The number of aryl methyl sites for hydroxylation is 1. The third-order valence-corrected chi connectivity index (χ3v) is 5.96. The minimum absolute atomic E-state index is 0.0328. The Kier molecular flexibility index (Phi) is 6.10. The SMILES string of the molecule is CCOC(=O)Cn1nc(C)c(Cl)c1-c1ccc(-c2cccc(S(C)(=O)=O)c2)cc1. The Balaban J connectivity index is 1.97. The summed E-state index contributed by atoms with van der Waals surface area (Å²) in [5, 5.41) is 4.82. The first-order valence-electron chi connectivity index (χ1n) is 9.00. The van der Waals surface area contributed by atoms with Gasteiger partial charge in [-0.2, -0.15) is 5.10 Å². The smallest absolute Gasteiger partial charge is 0.327 e. The maximum atomic E-state index is 11.9. The van der Waals surface area contributed by atoms with Gasteiger partial charge in [0.05, 0.1) is 27.9 Å². The molecule has 0 unspecified atom stereocenters. The summed E-state index contributed by atoms with van der Waals surface area (Å²) in [7, 11) is -3.28. The molecule has 0 radical (unpaired) electrons. The topological polar surface area (TPSA) is 78.3 Å². The van der Waals surface area contributed by atoms with Gasteiger partial charge >= 0.3 is 5.97 Å². The van der Waals surface area contributed by atoms with E-state index in [2.05, 4.69) is 5.10 Å². The largest absolute Gasteiger partial charge is 0.465 e. The van der Waals surface area contributed by atoms with Crippen LogP contribution >= 0.6 is 11.6 Å². The molecule has 0 spiro atoms. The molecular weight excluding hydrogens is 412 g/mol. The molecule has 152 valence electrons. The lowest BCUT2D eigenvalue weighted by molar-refractivity contribution is -0.144. The second-order valence-corrected chi connectivity index (χ2v) is 8.98. The number of hydrogen-bond acceptors (Lipinski definition) is 5. The van der Waals surface area contributed by atoms with E-state index < -0.39 is 9.84 Å². The molecule has 0 fully saturated rings. The first kappa shape index (κ1) is 21.1. The number of carbonyl (C=O) groups is 1. The summed E-state index contributed by atoms with van der Waals surface area (Å²) in [5.41, 5.74) is 3.71. The van der Waals surface area contributed by atoms with Gasteiger partial charge < -0.3 is 4.74 Å². The number of aromatic nitrogens is 2. The summed E-state index contributed by atoms with van der Waals surface area (Å²) in [4.78, 5) is 12.2. The molecule has 1 aromatic heterocycles. The molecule has 3 rings (SSSR count). The molecule has 1 heterocycles.